The van der Waals surface area contributed by atoms with Crippen LogP contribution in [0.1, 0.15) is 19.3 Å². The molecule has 1 aliphatic heterocycles. The fourth-order valence-corrected chi connectivity index (χ4v) is 2.18. The zero-order valence-corrected chi connectivity index (χ0v) is 10.5. The van der Waals surface area contributed by atoms with E-state index < -0.39 is 0 Å². The van der Waals surface area contributed by atoms with Gasteiger partial charge in [-0.15, -0.1) is 0 Å². The fraction of sp³-hybridized carbons (Fsp3) is 0.571. The molecule has 3 nitrogen and oxygen atoms in total. The molecule has 0 amide bonds. The molecule has 0 bridgehead atoms. The topological polar surface area (TPSA) is 32.7 Å². The highest BCUT2D eigenvalue weighted by Gasteiger charge is 2.16. The molecule has 100 valence electrons. The first-order chi connectivity index (χ1) is 8.75. The van der Waals surface area contributed by atoms with Crippen LogP contribution in [0, 0.1) is 5.82 Å². The van der Waals surface area contributed by atoms with Crippen LogP contribution in [-0.4, -0.2) is 42.4 Å². The van der Waals surface area contributed by atoms with Crippen molar-refractivity contribution in [3.8, 4) is 5.75 Å². The molecule has 1 N–H and O–H groups in total. The van der Waals surface area contributed by atoms with Crippen LogP contribution >= 0.6 is 0 Å². The molecule has 0 unspecified atom stereocenters. The first-order valence-corrected chi connectivity index (χ1v) is 6.53. The minimum Gasteiger partial charge on any atom is -0.490 e. The molecule has 0 aliphatic carbocycles. The third-order valence-electron chi connectivity index (χ3n) is 3.27. The summed E-state index contributed by atoms with van der Waals surface area (Å²) in [6.45, 7) is 3.36. The van der Waals surface area contributed by atoms with E-state index in [1.54, 1.807) is 18.2 Å². The van der Waals surface area contributed by atoms with Crippen LogP contribution in [-0.2, 0) is 0 Å². The quantitative estimate of drug-likeness (QED) is 0.815. The van der Waals surface area contributed by atoms with Crippen LogP contribution in [0.5, 0.6) is 5.75 Å². The molecule has 1 saturated heterocycles. The van der Waals surface area contributed by atoms with Crippen LogP contribution in [0.4, 0.5) is 4.39 Å². The maximum absolute atomic E-state index is 13.3. The van der Waals surface area contributed by atoms with Crippen molar-refractivity contribution in [1.29, 1.82) is 0 Å². The Bertz CT molecular complexity index is 365. The maximum atomic E-state index is 13.3. The lowest BCUT2D eigenvalue weighted by atomic mass is 10.1. The number of nitrogens with zero attached hydrogens (tertiary/aromatic N) is 1. The van der Waals surface area contributed by atoms with Crippen molar-refractivity contribution in [1.82, 2.24) is 4.90 Å². The summed E-state index contributed by atoms with van der Waals surface area (Å²) in [4.78, 5) is 2.32. The monoisotopic (exact) mass is 253 g/mol. The van der Waals surface area contributed by atoms with Crippen molar-refractivity contribution in [3.05, 3.63) is 30.1 Å². The smallest absolute Gasteiger partial charge is 0.165 e. The van der Waals surface area contributed by atoms with Crippen LogP contribution in [0.25, 0.3) is 0 Å². The average Bonchev–Trinajstić information content (AvgIpc) is 2.39. The van der Waals surface area contributed by atoms with Gasteiger partial charge in [-0.3, -0.25) is 0 Å². The number of benzene rings is 1. The Hall–Kier alpha value is -1.13. The highest BCUT2D eigenvalue weighted by atomic mass is 19.1. The van der Waals surface area contributed by atoms with Gasteiger partial charge in [0.05, 0.1) is 12.7 Å². The van der Waals surface area contributed by atoms with Gasteiger partial charge < -0.3 is 14.7 Å². The molecule has 1 aliphatic rings. The molecule has 0 radical (unpaired) electrons. The molecule has 1 heterocycles. The summed E-state index contributed by atoms with van der Waals surface area (Å²) in [7, 11) is 0. The molecule has 0 saturated carbocycles. The number of hydrogen-bond donors (Lipinski definition) is 1. The van der Waals surface area contributed by atoms with Crippen molar-refractivity contribution in [3.63, 3.8) is 0 Å². The molecule has 1 fully saturated rings. The first kappa shape index (κ1) is 13.3. The minimum atomic E-state index is -0.307. The summed E-state index contributed by atoms with van der Waals surface area (Å²) in [5.41, 5.74) is 0. The Morgan fingerprint density at radius 2 is 2.00 bits per heavy atom. The molecule has 1 aromatic carbocycles. The first-order valence-electron chi connectivity index (χ1n) is 6.53. The van der Waals surface area contributed by atoms with Crippen LogP contribution < -0.4 is 4.74 Å². The van der Waals surface area contributed by atoms with E-state index in [1.165, 1.54) is 6.07 Å². The molecule has 18 heavy (non-hydrogen) atoms. The number of aliphatic hydroxyl groups is 1. The zero-order valence-electron chi connectivity index (χ0n) is 10.5. The largest absolute Gasteiger partial charge is 0.490 e. The van der Waals surface area contributed by atoms with E-state index in [0.717, 1.165) is 38.9 Å². The average molecular weight is 253 g/mol. The second kappa shape index (κ2) is 6.71. The van der Waals surface area contributed by atoms with Crippen molar-refractivity contribution >= 4 is 0 Å². The second-order valence-electron chi connectivity index (χ2n) is 4.71. The lowest BCUT2D eigenvalue weighted by Gasteiger charge is -2.29. The predicted molar refractivity (Wildman–Crippen MR) is 68.2 cm³/mol. The highest BCUT2D eigenvalue weighted by Crippen LogP contribution is 2.15. The van der Waals surface area contributed by atoms with Gasteiger partial charge in [0.15, 0.2) is 11.6 Å². The Labute approximate surface area is 107 Å². The standard InChI is InChI=1S/C14H20FNO2/c15-13-4-1-2-5-14(13)18-11-3-8-16-9-6-12(17)7-10-16/h1-2,4-5,12,17H,3,6-11H2. The lowest BCUT2D eigenvalue weighted by Crippen LogP contribution is -2.36. The second-order valence-corrected chi connectivity index (χ2v) is 4.71. The normalized spacial score (nSPS) is 17.9. The predicted octanol–water partition coefficient (Wildman–Crippen LogP) is 2.05. The molecule has 0 spiro atoms. The number of piperidine rings is 1. The Morgan fingerprint density at radius 1 is 1.28 bits per heavy atom. The number of ether oxygens (including phenoxy) is 1. The summed E-state index contributed by atoms with van der Waals surface area (Å²) < 4.78 is 18.6. The molecule has 4 heteroatoms. The maximum Gasteiger partial charge on any atom is 0.165 e. The Morgan fingerprint density at radius 3 is 2.72 bits per heavy atom. The van der Waals surface area contributed by atoms with Gasteiger partial charge in [-0.05, 0) is 31.4 Å². The van der Waals surface area contributed by atoms with Crippen molar-refractivity contribution in [2.24, 2.45) is 0 Å². The summed E-state index contributed by atoms with van der Waals surface area (Å²) in [5.74, 6) is 0.0187. The highest BCUT2D eigenvalue weighted by molar-refractivity contribution is 5.23. The Kier molecular flexibility index (Phi) is 4.96. The van der Waals surface area contributed by atoms with Crippen LogP contribution in [0.3, 0.4) is 0 Å². The van der Waals surface area contributed by atoms with E-state index >= 15 is 0 Å². The van der Waals surface area contributed by atoms with Gasteiger partial charge in [0, 0.05) is 19.6 Å². The van der Waals surface area contributed by atoms with Gasteiger partial charge in [0.2, 0.25) is 0 Å². The number of likely N-dealkylation sites (tertiary alicyclic amines) is 1. The SMILES string of the molecule is OC1CCN(CCCOc2ccccc2F)CC1. The van der Waals surface area contributed by atoms with Gasteiger partial charge in [0.1, 0.15) is 0 Å². The number of aliphatic hydroxyl groups excluding tert-OH is 1. The van der Waals surface area contributed by atoms with Gasteiger partial charge in [-0.2, -0.15) is 0 Å². The summed E-state index contributed by atoms with van der Waals surface area (Å²) in [6.07, 6.45) is 2.46. The van der Waals surface area contributed by atoms with Gasteiger partial charge in [0.25, 0.3) is 0 Å². The summed E-state index contributed by atoms with van der Waals surface area (Å²) in [5, 5.41) is 9.38. The zero-order chi connectivity index (χ0) is 12.8. The van der Waals surface area contributed by atoms with Gasteiger partial charge in [-0.1, -0.05) is 12.1 Å². The Balaban J connectivity index is 1.63. The molecule has 0 atom stereocenters. The summed E-state index contributed by atoms with van der Waals surface area (Å²) >= 11 is 0. The molecular weight excluding hydrogens is 233 g/mol. The van der Waals surface area contributed by atoms with E-state index in [1.807, 2.05) is 0 Å². The van der Waals surface area contributed by atoms with Crippen molar-refractivity contribution in [2.75, 3.05) is 26.2 Å². The van der Waals surface area contributed by atoms with E-state index in [4.69, 9.17) is 4.74 Å². The van der Waals surface area contributed by atoms with E-state index in [2.05, 4.69) is 4.90 Å². The lowest BCUT2D eigenvalue weighted by molar-refractivity contribution is 0.0799. The number of para-hydroxylation sites is 1. The van der Waals surface area contributed by atoms with E-state index in [9.17, 15) is 9.50 Å². The van der Waals surface area contributed by atoms with Crippen molar-refractivity contribution in [2.45, 2.75) is 25.4 Å². The van der Waals surface area contributed by atoms with E-state index in [-0.39, 0.29) is 11.9 Å². The number of hydrogen-bond acceptors (Lipinski definition) is 3. The molecular formula is C14H20FNO2. The van der Waals surface area contributed by atoms with Crippen LogP contribution in [0.2, 0.25) is 0 Å². The summed E-state index contributed by atoms with van der Waals surface area (Å²) in [6, 6.07) is 6.47. The minimum absolute atomic E-state index is 0.129. The van der Waals surface area contributed by atoms with E-state index in [0.29, 0.717) is 12.4 Å². The van der Waals surface area contributed by atoms with Gasteiger partial charge in [-0.25, -0.2) is 4.39 Å². The third-order valence-corrected chi connectivity index (χ3v) is 3.27. The molecule has 1 aromatic rings. The third kappa shape index (κ3) is 3.96. The fourth-order valence-electron chi connectivity index (χ4n) is 2.18. The molecule has 0 aromatic heterocycles. The number of halogens is 1. The van der Waals surface area contributed by atoms with Crippen molar-refractivity contribution < 1.29 is 14.2 Å². The van der Waals surface area contributed by atoms with Gasteiger partial charge >= 0.3 is 0 Å². The number of rotatable bonds is 5. The van der Waals surface area contributed by atoms with Crippen LogP contribution in [0.15, 0.2) is 24.3 Å². The molecule has 2 rings (SSSR count).